The van der Waals surface area contributed by atoms with Crippen molar-refractivity contribution in [2.75, 3.05) is 5.43 Å². The minimum Gasteiger partial charge on any atom is -0.308 e. The number of nitrogens with one attached hydrogen (secondary N) is 1. The minimum atomic E-state index is -0.284. The average Bonchev–Trinajstić information content (AvgIpc) is 2.34. The highest BCUT2D eigenvalue weighted by molar-refractivity contribution is 9.10. The number of fused-ring (bicyclic) bond motifs is 1. The van der Waals surface area contributed by atoms with Gasteiger partial charge in [-0.3, -0.25) is 0 Å². The first kappa shape index (κ1) is 13.2. The molecule has 0 unspecified atom stereocenters. The van der Waals surface area contributed by atoms with Crippen molar-refractivity contribution in [3.8, 4) is 0 Å². The van der Waals surface area contributed by atoms with E-state index in [1.165, 1.54) is 0 Å². The summed E-state index contributed by atoms with van der Waals surface area (Å²) in [5, 5.41) is 0.518. The maximum absolute atomic E-state index is 14.1. The van der Waals surface area contributed by atoms with Gasteiger partial charge in [-0.1, -0.05) is 13.8 Å². The second-order valence-electron chi connectivity index (χ2n) is 4.61. The number of rotatable bonds is 2. The van der Waals surface area contributed by atoms with Crippen LogP contribution in [0.1, 0.15) is 30.9 Å². The minimum absolute atomic E-state index is 0.214. The molecule has 1 heterocycles. The lowest BCUT2D eigenvalue weighted by Gasteiger charge is -2.14. The maximum Gasteiger partial charge on any atom is 0.146 e. The number of anilines is 1. The number of halogens is 2. The van der Waals surface area contributed by atoms with Gasteiger partial charge >= 0.3 is 0 Å². The Hall–Kier alpha value is -1.20. The summed E-state index contributed by atoms with van der Waals surface area (Å²) in [6.45, 7) is 5.94. The summed E-state index contributed by atoms with van der Waals surface area (Å²) < 4.78 is 14.6. The summed E-state index contributed by atoms with van der Waals surface area (Å²) in [4.78, 5) is 4.42. The second kappa shape index (κ2) is 4.82. The Kier molecular flexibility index (Phi) is 3.54. The Labute approximate surface area is 114 Å². The first-order chi connectivity index (χ1) is 8.45. The molecule has 1 aromatic heterocycles. The Morgan fingerprint density at radius 1 is 1.39 bits per heavy atom. The molecule has 0 radical (unpaired) electrons. The number of aryl methyl sites for hydroxylation is 1. The molecule has 0 spiro atoms. The summed E-state index contributed by atoms with van der Waals surface area (Å²) in [5.41, 5.74) is 5.03. The van der Waals surface area contributed by atoms with E-state index >= 15 is 0 Å². The van der Waals surface area contributed by atoms with Crippen LogP contribution in [0.25, 0.3) is 10.9 Å². The van der Waals surface area contributed by atoms with E-state index in [9.17, 15) is 4.39 Å². The van der Waals surface area contributed by atoms with Crippen LogP contribution in [0.4, 0.5) is 10.2 Å². The van der Waals surface area contributed by atoms with Gasteiger partial charge in [0.05, 0.1) is 9.99 Å². The van der Waals surface area contributed by atoms with Crippen molar-refractivity contribution in [1.82, 2.24) is 4.98 Å². The normalized spacial score (nSPS) is 11.3. The van der Waals surface area contributed by atoms with Gasteiger partial charge in [-0.15, -0.1) is 0 Å². The first-order valence-corrected chi connectivity index (χ1v) is 6.50. The first-order valence-electron chi connectivity index (χ1n) is 5.71. The molecule has 0 saturated heterocycles. The molecular weight excluding hydrogens is 297 g/mol. The number of hydrogen-bond acceptors (Lipinski definition) is 3. The SMILES string of the molecule is Cc1cc(Br)c(F)c2cc(C(C)C)c(NN)nc12. The maximum atomic E-state index is 14.1. The van der Waals surface area contributed by atoms with E-state index in [0.29, 0.717) is 21.2 Å². The molecule has 0 atom stereocenters. The standard InChI is InChI=1S/C13H15BrFN3/c1-6(2)8-5-9-11(15)10(14)4-7(3)12(9)17-13(8)18-16/h4-6H,16H2,1-3H3,(H,17,18). The molecule has 96 valence electrons. The third-order valence-corrected chi connectivity index (χ3v) is 3.55. The van der Waals surface area contributed by atoms with Crippen LogP contribution in [-0.2, 0) is 0 Å². The average molecular weight is 312 g/mol. The van der Waals surface area contributed by atoms with Crippen molar-refractivity contribution in [3.63, 3.8) is 0 Å². The smallest absolute Gasteiger partial charge is 0.146 e. The number of nitrogens with two attached hydrogens (primary N) is 1. The molecule has 2 aromatic rings. The molecule has 0 aliphatic carbocycles. The Bertz CT molecular complexity index is 611. The predicted octanol–water partition coefficient (Wildman–Crippen LogP) is 3.85. The number of benzene rings is 1. The van der Waals surface area contributed by atoms with Crippen LogP contribution in [0.15, 0.2) is 16.6 Å². The number of hydrazine groups is 1. The van der Waals surface area contributed by atoms with Gasteiger partial charge in [0.25, 0.3) is 0 Å². The van der Waals surface area contributed by atoms with E-state index in [4.69, 9.17) is 5.84 Å². The fourth-order valence-corrected chi connectivity index (χ4v) is 2.56. The third-order valence-electron chi connectivity index (χ3n) is 2.97. The van der Waals surface area contributed by atoms with Crippen molar-refractivity contribution in [1.29, 1.82) is 0 Å². The topological polar surface area (TPSA) is 50.9 Å². The van der Waals surface area contributed by atoms with Crippen molar-refractivity contribution in [2.45, 2.75) is 26.7 Å². The highest BCUT2D eigenvalue weighted by atomic mass is 79.9. The molecule has 3 nitrogen and oxygen atoms in total. The number of hydrogen-bond donors (Lipinski definition) is 2. The van der Waals surface area contributed by atoms with Gasteiger partial charge in [0.15, 0.2) is 0 Å². The number of pyridine rings is 1. The summed E-state index contributed by atoms with van der Waals surface area (Å²) in [5.74, 6) is 6.01. The van der Waals surface area contributed by atoms with E-state index < -0.39 is 0 Å². The molecule has 0 fully saturated rings. The van der Waals surface area contributed by atoms with E-state index in [-0.39, 0.29) is 11.7 Å². The van der Waals surface area contributed by atoms with E-state index in [2.05, 4.69) is 26.3 Å². The summed E-state index contributed by atoms with van der Waals surface area (Å²) in [7, 11) is 0. The lowest BCUT2D eigenvalue weighted by Crippen LogP contribution is -2.12. The van der Waals surface area contributed by atoms with E-state index in [1.54, 1.807) is 6.07 Å². The van der Waals surface area contributed by atoms with Gasteiger partial charge in [0, 0.05) is 5.39 Å². The fraction of sp³-hybridized carbons (Fsp3) is 0.308. The van der Waals surface area contributed by atoms with Gasteiger partial charge in [0.2, 0.25) is 0 Å². The van der Waals surface area contributed by atoms with Crippen LogP contribution in [0, 0.1) is 12.7 Å². The van der Waals surface area contributed by atoms with Crippen LogP contribution in [-0.4, -0.2) is 4.98 Å². The van der Waals surface area contributed by atoms with Gasteiger partial charge in [-0.2, -0.15) is 0 Å². The zero-order chi connectivity index (χ0) is 13.4. The van der Waals surface area contributed by atoms with Crippen molar-refractivity contribution in [3.05, 3.63) is 33.5 Å². The van der Waals surface area contributed by atoms with Crippen molar-refractivity contribution >= 4 is 32.7 Å². The fourth-order valence-electron chi connectivity index (χ4n) is 2.00. The van der Waals surface area contributed by atoms with E-state index in [0.717, 1.165) is 11.1 Å². The molecule has 0 bridgehead atoms. The van der Waals surface area contributed by atoms with Gasteiger partial charge < -0.3 is 5.43 Å². The zero-order valence-corrected chi connectivity index (χ0v) is 12.1. The predicted molar refractivity (Wildman–Crippen MR) is 76.0 cm³/mol. The Balaban J connectivity index is 2.87. The quantitative estimate of drug-likeness (QED) is 0.654. The highest BCUT2D eigenvalue weighted by Crippen LogP contribution is 2.32. The molecular formula is C13H15BrFN3. The third kappa shape index (κ3) is 2.08. The van der Waals surface area contributed by atoms with Gasteiger partial charge in [-0.05, 0) is 52.0 Å². The van der Waals surface area contributed by atoms with Gasteiger partial charge in [0.1, 0.15) is 11.6 Å². The molecule has 18 heavy (non-hydrogen) atoms. The molecule has 0 aliphatic rings. The van der Waals surface area contributed by atoms with Gasteiger partial charge in [-0.25, -0.2) is 15.2 Å². The van der Waals surface area contributed by atoms with Crippen LogP contribution >= 0.6 is 15.9 Å². The highest BCUT2D eigenvalue weighted by Gasteiger charge is 2.15. The molecule has 1 aromatic carbocycles. The lowest BCUT2D eigenvalue weighted by atomic mass is 10.0. The summed E-state index contributed by atoms with van der Waals surface area (Å²) >= 11 is 3.22. The Morgan fingerprint density at radius 3 is 2.61 bits per heavy atom. The molecule has 0 saturated carbocycles. The number of nitrogens with zero attached hydrogens (tertiary/aromatic N) is 1. The lowest BCUT2D eigenvalue weighted by molar-refractivity contribution is 0.632. The summed E-state index contributed by atoms with van der Waals surface area (Å²) in [6, 6.07) is 3.54. The molecule has 0 amide bonds. The van der Waals surface area contributed by atoms with E-state index in [1.807, 2.05) is 26.8 Å². The van der Waals surface area contributed by atoms with Crippen LogP contribution < -0.4 is 11.3 Å². The van der Waals surface area contributed by atoms with Crippen molar-refractivity contribution in [2.24, 2.45) is 5.84 Å². The number of aromatic nitrogens is 1. The monoisotopic (exact) mass is 311 g/mol. The van der Waals surface area contributed by atoms with Crippen LogP contribution in [0.3, 0.4) is 0 Å². The van der Waals surface area contributed by atoms with Crippen molar-refractivity contribution < 1.29 is 4.39 Å². The molecule has 2 rings (SSSR count). The molecule has 3 N–H and O–H groups in total. The number of nitrogen functional groups attached to an aromatic ring is 1. The van der Waals surface area contributed by atoms with Crippen LogP contribution in [0.2, 0.25) is 0 Å². The van der Waals surface area contributed by atoms with Crippen LogP contribution in [0.5, 0.6) is 0 Å². The largest absolute Gasteiger partial charge is 0.308 e. The summed E-state index contributed by atoms with van der Waals surface area (Å²) in [6.07, 6.45) is 0. The zero-order valence-electron chi connectivity index (χ0n) is 10.5. The molecule has 0 aliphatic heterocycles. The molecule has 5 heteroatoms. The Morgan fingerprint density at radius 2 is 2.06 bits per heavy atom. The second-order valence-corrected chi connectivity index (χ2v) is 5.47.